The summed E-state index contributed by atoms with van der Waals surface area (Å²) in [5.74, 6) is 0. The van der Waals surface area contributed by atoms with Gasteiger partial charge in [0.2, 0.25) is 10.0 Å². The molecular weight excluding hydrogens is 256 g/mol. The first-order valence-corrected chi connectivity index (χ1v) is 7.55. The van der Waals surface area contributed by atoms with E-state index in [0.29, 0.717) is 12.8 Å². The molecule has 0 amide bonds. The van der Waals surface area contributed by atoms with Gasteiger partial charge < -0.3 is 5.73 Å². The van der Waals surface area contributed by atoms with Gasteiger partial charge in [-0.05, 0) is 23.9 Å². The molecule has 1 aromatic rings. The van der Waals surface area contributed by atoms with E-state index >= 15 is 0 Å². The van der Waals surface area contributed by atoms with E-state index < -0.39 is 15.6 Å². The molecule has 1 aliphatic rings. The Hall–Kier alpha value is -0.950. The summed E-state index contributed by atoms with van der Waals surface area (Å²) >= 11 is 1.64. The predicted octanol–water partition coefficient (Wildman–Crippen LogP) is 1.12. The standard InChI is InChI=1S/C11H14N2O2S2/c12-11(8-9-2-1-7-16-9)5-3-10(4-6-11)17(13,14)15/h1-5,7H,6,8,12H2,(H2,13,14,15). The van der Waals surface area contributed by atoms with Crippen LogP contribution in [0.1, 0.15) is 11.3 Å². The zero-order valence-electron chi connectivity index (χ0n) is 9.17. The lowest BCUT2D eigenvalue weighted by Crippen LogP contribution is -2.40. The van der Waals surface area contributed by atoms with Gasteiger partial charge in [0.15, 0.2) is 0 Å². The first-order chi connectivity index (χ1) is 7.89. The lowest BCUT2D eigenvalue weighted by molar-refractivity contribution is 0.530. The minimum atomic E-state index is -3.62. The molecule has 0 saturated heterocycles. The summed E-state index contributed by atoms with van der Waals surface area (Å²) in [6, 6.07) is 3.99. The Morgan fingerprint density at radius 1 is 1.47 bits per heavy atom. The Balaban J connectivity index is 2.13. The first kappa shape index (κ1) is 12.5. The highest BCUT2D eigenvalue weighted by molar-refractivity contribution is 7.93. The van der Waals surface area contributed by atoms with Gasteiger partial charge in [-0.25, -0.2) is 13.6 Å². The molecule has 0 fully saturated rings. The zero-order chi connectivity index (χ0) is 12.5. The first-order valence-electron chi connectivity index (χ1n) is 5.13. The molecule has 1 unspecified atom stereocenters. The van der Waals surface area contributed by atoms with Crippen LogP contribution in [0.25, 0.3) is 0 Å². The maximum absolute atomic E-state index is 11.1. The molecule has 0 spiro atoms. The summed E-state index contributed by atoms with van der Waals surface area (Å²) in [5, 5.41) is 7.05. The smallest absolute Gasteiger partial charge is 0.237 e. The number of hydrogen-bond acceptors (Lipinski definition) is 4. The van der Waals surface area contributed by atoms with E-state index in [0.717, 1.165) is 0 Å². The molecule has 2 rings (SSSR count). The Labute approximate surface area is 105 Å². The van der Waals surface area contributed by atoms with Crippen LogP contribution in [0.4, 0.5) is 0 Å². The van der Waals surface area contributed by atoms with Crippen molar-refractivity contribution in [1.29, 1.82) is 0 Å². The molecule has 1 atom stereocenters. The topological polar surface area (TPSA) is 86.2 Å². The third-order valence-electron chi connectivity index (χ3n) is 2.67. The van der Waals surface area contributed by atoms with Crippen molar-refractivity contribution in [2.75, 3.05) is 0 Å². The molecule has 4 N–H and O–H groups in total. The number of allylic oxidation sites excluding steroid dienone is 1. The molecule has 0 aliphatic heterocycles. The quantitative estimate of drug-likeness (QED) is 0.863. The lowest BCUT2D eigenvalue weighted by Gasteiger charge is -2.27. The highest BCUT2D eigenvalue weighted by Gasteiger charge is 2.26. The second kappa shape index (κ2) is 4.38. The Morgan fingerprint density at radius 2 is 2.24 bits per heavy atom. The maximum Gasteiger partial charge on any atom is 0.237 e. The molecule has 17 heavy (non-hydrogen) atoms. The molecule has 0 saturated carbocycles. The second-order valence-electron chi connectivity index (χ2n) is 4.18. The molecular formula is C11H14N2O2S2. The second-order valence-corrected chi connectivity index (χ2v) is 6.77. The molecule has 1 aromatic heterocycles. The van der Waals surface area contributed by atoms with Crippen LogP contribution in [0.5, 0.6) is 0 Å². The van der Waals surface area contributed by atoms with Gasteiger partial charge in [-0.1, -0.05) is 18.2 Å². The van der Waals surface area contributed by atoms with Crippen molar-refractivity contribution in [2.45, 2.75) is 18.4 Å². The van der Waals surface area contributed by atoms with Gasteiger partial charge in [0.05, 0.1) is 4.91 Å². The van der Waals surface area contributed by atoms with Gasteiger partial charge in [0, 0.05) is 16.8 Å². The van der Waals surface area contributed by atoms with Crippen molar-refractivity contribution in [3.63, 3.8) is 0 Å². The Morgan fingerprint density at radius 3 is 2.71 bits per heavy atom. The largest absolute Gasteiger partial charge is 0.321 e. The summed E-state index contributed by atoms with van der Waals surface area (Å²) < 4.78 is 22.3. The number of nitrogens with two attached hydrogens (primary N) is 2. The van der Waals surface area contributed by atoms with Crippen LogP contribution in [-0.4, -0.2) is 14.0 Å². The minimum Gasteiger partial charge on any atom is -0.321 e. The van der Waals surface area contributed by atoms with Gasteiger partial charge in [0.1, 0.15) is 0 Å². The lowest BCUT2D eigenvalue weighted by atomic mass is 9.88. The van der Waals surface area contributed by atoms with Crippen LogP contribution in [-0.2, 0) is 16.4 Å². The molecule has 92 valence electrons. The maximum atomic E-state index is 11.1. The monoisotopic (exact) mass is 270 g/mol. The highest BCUT2D eigenvalue weighted by atomic mass is 32.2. The number of sulfonamides is 1. The third-order valence-corrected chi connectivity index (χ3v) is 4.51. The van der Waals surface area contributed by atoms with Crippen LogP contribution in [0.3, 0.4) is 0 Å². The number of primary sulfonamides is 1. The summed E-state index contributed by atoms with van der Waals surface area (Å²) in [6.07, 6.45) is 5.99. The van der Waals surface area contributed by atoms with Crippen LogP contribution in [0.2, 0.25) is 0 Å². The minimum absolute atomic E-state index is 0.143. The van der Waals surface area contributed by atoms with Gasteiger partial charge in [0.25, 0.3) is 0 Å². The van der Waals surface area contributed by atoms with E-state index in [1.54, 1.807) is 23.5 Å². The van der Waals surface area contributed by atoms with Gasteiger partial charge in [-0.3, -0.25) is 0 Å². The Bertz CT molecular complexity index is 558. The van der Waals surface area contributed by atoms with E-state index in [1.165, 1.54) is 11.0 Å². The average molecular weight is 270 g/mol. The van der Waals surface area contributed by atoms with Crippen LogP contribution >= 0.6 is 11.3 Å². The summed E-state index contributed by atoms with van der Waals surface area (Å²) in [7, 11) is -3.62. The number of rotatable bonds is 3. The van der Waals surface area contributed by atoms with Crippen molar-refractivity contribution in [3.05, 3.63) is 45.5 Å². The summed E-state index contributed by atoms with van der Waals surface area (Å²) in [6.45, 7) is 0. The molecule has 1 heterocycles. The number of thiophene rings is 1. The van der Waals surface area contributed by atoms with E-state index in [4.69, 9.17) is 10.9 Å². The molecule has 1 aliphatic carbocycles. The van der Waals surface area contributed by atoms with Crippen LogP contribution < -0.4 is 10.9 Å². The fraction of sp³-hybridized carbons (Fsp3) is 0.273. The normalized spacial score (nSPS) is 24.7. The highest BCUT2D eigenvalue weighted by Crippen LogP contribution is 2.25. The van der Waals surface area contributed by atoms with E-state index in [9.17, 15) is 8.42 Å². The van der Waals surface area contributed by atoms with Gasteiger partial charge in [-0.15, -0.1) is 11.3 Å². The number of hydrogen-bond donors (Lipinski definition) is 2. The fourth-order valence-electron chi connectivity index (χ4n) is 1.75. The van der Waals surface area contributed by atoms with E-state index in [1.807, 2.05) is 17.5 Å². The van der Waals surface area contributed by atoms with E-state index in [2.05, 4.69) is 0 Å². The fourth-order valence-corrected chi connectivity index (χ4v) is 3.17. The Kier molecular flexibility index (Phi) is 3.22. The SMILES string of the molecule is NC1(Cc2cccs2)C=CC(S(N)(=O)=O)=CC1. The molecule has 4 nitrogen and oxygen atoms in total. The van der Waals surface area contributed by atoms with Crippen LogP contribution in [0, 0.1) is 0 Å². The predicted molar refractivity (Wildman–Crippen MR) is 69.9 cm³/mol. The van der Waals surface area contributed by atoms with Gasteiger partial charge >= 0.3 is 0 Å². The van der Waals surface area contributed by atoms with E-state index in [-0.39, 0.29) is 4.91 Å². The van der Waals surface area contributed by atoms with Crippen molar-refractivity contribution in [2.24, 2.45) is 10.9 Å². The average Bonchev–Trinajstić information content (AvgIpc) is 2.68. The van der Waals surface area contributed by atoms with Crippen molar-refractivity contribution in [1.82, 2.24) is 0 Å². The summed E-state index contributed by atoms with van der Waals surface area (Å²) in [4.78, 5) is 1.33. The molecule has 0 bridgehead atoms. The van der Waals surface area contributed by atoms with Crippen molar-refractivity contribution in [3.8, 4) is 0 Å². The molecule has 0 aromatic carbocycles. The zero-order valence-corrected chi connectivity index (χ0v) is 10.8. The van der Waals surface area contributed by atoms with Crippen molar-refractivity contribution >= 4 is 21.4 Å². The molecule has 0 radical (unpaired) electrons. The third kappa shape index (κ3) is 3.04. The van der Waals surface area contributed by atoms with Crippen molar-refractivity contribution < 1.29 is 8.42 Å². The molecule has 6 heteroatoms. The summed E-state index contributed by atoms with van der Waals surface area (Å²) in [5.41, 5.74) is 5.68. The van der Waals surface area contributed by atoms with Crippen LogP contribution in [0.15, 0.2) is 40.6 Å². The van der Waals surface area contributed by atoms with Gasteiger partial charge in [-0.2, -0.15) is 0 Å².